The van der Waals surface area contributed by atoms with Crippen molar-refractivity contribution in [3.8, 4) is 22.9 Å². The molecule has 12 heteroatoms. The van der Waals surface area contributed by atoms with Crippen molar-refractivity contribution in [3.63, 3.8) is 0 Å². The SMILES string of the molecule is O=C(NCc1cccc(OCCCOc2ncn(C(c3ccccc3)(c3ccccc3)c3ccccc3)n2)c1)c1nc2scc(-c3ccccc3F)c2c(=O)[nH]1. The van der Waals surface area contributed by atoms with Gasteiger partial charge >= 0.3 is 6.01 Å². The van der Waals surface area contributed by atoms with Crippen LogP contribution in [-0.2, 0) is 12.1 Å². The van der Waals surface area contributed by atoms with Crippen molar-refractivity contribution in [3.05, 3.63) is 195 Å². The molecule has 0 spiro atoms. The third kappa shape index (κ3) is 7.29. The molecule has 3 heterocycles. The fourth-order valence-corrected chi connectivity index (χ4v) is 7.71. The van der Waals surface area contributed by atoms with Crippen LogP contribution in [0.5, 0.6) is 11.8 Å². The summed E-state index contributed by atoms with van der Waals surface area (Å²) in [7, 11) is 0. The predicted octanol–water partition coefficient (Wildman–Crippen LogP) is 8.00. The van der Waals surface area contributed by atoms with Crippen molar-refractivity contribution in [2.75, 3.05) is 13.2 Å². The zero-order valence-electron chi connectivity index (χ0n) is 30.0. The second-order valence-corrected chi connectivity index (χ2v) is 13.7. The molecule has 2 N–H and O–H groups in total. The van der Waals surface area contributed by atoms with Crippen LogP contribution >= 0.6 is 11.3 Å². The molecule has 0 aliphatic carbocycles. The predicted molar refractivity (Wildman–Crippen MR) is 213 cm³/mol. The van der Waals surface area contributed by atoms with Gasteiger partial charge in [-0.3, -0.25) is 9.59 Å². The molecule has 10 nitrogen and oxygen atoms in total. The number of hydrogen-bond donors (Lipinski definition) is 2. The van der Waals surface area contributed by atoms with Crippen molar-refractivity contribution in [2.24, 2.45) is 0 Å². The maximum Gasteiger partial charge on any atom is 0.335 e. The first kappa shape index (κ1) is 36.1. The number of amides is 1. The number of carbonyl (C=O) groups excluding carboxylic acids is 1. The number of H-pyrrole nitrogens is 1. The maximum absolute atomic E-state index is 14.4. The first-order valence-corrected chi connectivity index (χ1v) is 18.9. The van der Waals surface area contributed by atoms with Crippen molar-refractivity contribution < 1.29 is 18.7 Å². The highest BCUT2D eigenvalue weighted by Crippen LogP contribution is 2.40. The molecule has 0 unspecified atom stereocenters. The van der Waals surface area contributed by atoms with Gasteiger partial charge in [-0.05, 0) is 40.5 Å². The minimum atomic E-state index is -0.786. The Bertz CT molecular complexity index is 2550. The third-order valence-electron chi connectivity index (χ3n) is 9.35. The van der Waals surface area contributed by atoms with E-state index in [1.807, 2.05) is 83.5 Å². The lowest BCUT2D eigenvalue weighted by Gasteiger charge is -2.35. The summed E-state index contributed by atoms with van der Waals surface area (Å²) in [6, 6.07) is 44.6. The summed E-state index contributed by atoms with van der Waals surface area (Å²) in [6.07, 6.45) is 2.28. The van der Waals surface area contributed by atoms with Crippen LogP contribution < -0.4 is 20.3 Å². The van der Waals surface area contributed by atoms with Crippen molar-refractivity contribution >= 4 is 27.5 Å². The molecule has 5 aromatic carbocycles. The monoisotopic (exact) mass is 762 g/mol. The van der Waals surface area contributed by atoms with Gasteiger partial charge in [-0.25, -0.2) is 14.1 Å². The maximum atomic E-state index is 14.4. The van der Waals surface area contributed by atoms with Crippen molar-refractivity contribution in [2.45, 2.75) is 18.5 Å². The molecule has 56 heavy (non-hydrogen) atoms. The summed E-state index contributed by atoms with van der Waals surface area (Å²) in [6.45, 7) is 0.881. The van der Waals surface area contributed by atoms with Gasteiger partial charge in [0.25, 0.3) is 11.5 Å². The number of aromatic nitrogens is 5. The lowest BCUT2D eigenvalue weighted by molar-refractivity contribution is 0.0940. The lowest BCUT2D eigenvalue weighted by Crippen LogP contribution is -2.38. The average molecular weight is 763 g/mol. The summed E-state index contributed by atoms with van der Waals surface area (Å²) < 4.78 is 28.3. The highest BCUT2D eigenvalue weighted by molar-refractivity contribution is 7.17. The molecule has 0 saturated carbocycles. The number of fused-ring (bicyclic) bond motifs is 1. The number of thiophene rings is 1. The fraction of sp³-hybridized carbons (Fsp3) is 0.114. The number of benzene rings is 5. The van der Waals surface area contributed by atoms with Crippen molar-refractivity contribution in [1.82, 2.24) is 30.0 Å². The van der Waals surface area contributed by atoms with E-state index >= 15 is 0 Å². The van der Waals surface area contributed by atoms with E-state index in [2.05, 4.69) is 56.7 Å². The molecule has 0 atom stereocenters. The summed E-state index contributed by atoms with van der Waals surface area (Å²) in [5, 5.41) is 9.56. The molecule has 278 valence electrons. The van der Waals surface area contributed by atoms with E-state index in [-0.39, 0.29) is 23.8 Å². The Morgan fingerprint density at radius 3 is 2.11 bits per heavy atom. The molecule has 1 amide bonds. The second kappa shape index (κ2) is 16.2. The molecule has 0 bridgehead atoms. The molecular weight excluding hydrogens is 728 g/mol. The van der Waals surface area contributed by atoms with E-state index in [1.165, 1.54) is 17.4 Å². The Kier molecular flexibility index (Phi) is 10.4. The first-order chi connectivity index (χ1) is 27.5. The zero-order chi connectivity index (χ0) is 38.3. The number of nitrogens with one attached hydrogen (secondary N) is 2. The van der Waals surface area contributed by atoms with Crippen LogP contribution in [0.1, 0.15) is 39.3 Å². The number of aromatic amines is 1. The molecule has 8 aromatic rings. The van der Waals surface area contributed by atoms with Crippen LogP contribution in [0.2, 0.25) is 0 Å². The molecule has 3 aromatic heterocycles. The van der Waals surface area contributed by atoms with E-state index < -0.39 is 22.8 Å². The van der Waals surface area contributed by atoms with Crippen LogP contribution in [0.3, 0.4) is 0 Å². The van der Waals surface area contributed by atoms with E-state index in [0.717, 1.165) is 22.3 Å². The van der Waals surface area contributed by atoms with Gasteiger partial charge in [-0.2, -0.15) is 4.98 Å². The van der Waals surface area contributed by atoms with E-state index in [0.29, 0.717) is 41.3 Å². The van der Waals surface area contributed by atoms with Gasteiger partial charge in [-0.1, -0.05) is 121 Å². The van der Waals surface area contributed by atoms with Gasteiger partial charge in [0.2, 0.25) is 5.82 Å². The summed E-state index contributed by atoms with van der Waals surface area (Å²) in [5.74, 6) is -0.479. The summed E-state index contributed by atoms with van der Waals surface area (Å²) >= 11 is 1.18. The molecule has 0 aliphatic rings. The fourth-order valence-electron chi connectivity index (χ4n) is 6.77. The Labute approximate surface area is 325 Å². The summed E-state index contributed by atoms with van der Waals surface area (Å²) in [5.41, 5.74) is 3.34. The minimum Gasteiger partial charge on any atom is -0.493 e. The third-order valence-corrected chi connectivity index (χ3v) is 10.2. The Hall–Kier alpha value is -6.92. The van der Waals surface area contributed by atoms with Gasteiger partial charge in [0.1, 0.15) is 28.3 Å². The lowest BCUT2D eigenvalue weighted by atomic mass is 9.77. The van der Waals surface area contributed by atoms with Gasteiger partial charge < -0.3 is 19.8 Å². The van der Waals surface area contributed by atoms with Crippen LogP contribution in [0.15, 0.2) is 156 Å². The van der Waals surface area contributed by atoms with Crippen molar-refractivity contribution in [1.29, 1.82) is 0 Å². The number of rotatable bonds is 14. The number of carbonyl (C=O) groups is 1. The Morgan fingerprint density at radius 2 is 1.43 bits per heavy atom. The standard InChI is InChI=1S/C44H35FN6O4S/c45-37-23-11-10-22-35(37)36-28-56-42-38(36)40(52)48-39(49-42)41(53)46-27-30-14-12-21-34(26-30)54-24-13-25-55-43-47-29-51(50-43)44(31-15-4-1-5-16-31,32-17-6-2-7-18-32)33-19-8-3-9-20-33/h1-12,14-23,26,28-29H,13,24-25,27H2,(H,46,53)(H,48,49,52). The van der Waals surface area contributed by atoms with Crippen LogP contribution in [0.25, 0.3) is 21.3 Å². The molecule has 8 rings (SSSR count). The van der Waals surface area contributed by atoms with Crippen LogP contribution in [0.4, 0.5) is 4.39 Å². The normalized spacial score (nSPS) is 11.4. The Morgan fingerprint density at radius 1 is 0.786 bits per heavy atom. The van der Waals surface area contributed by atoms with Gasteiger partial charge in [0, 0.05) is 29.5 Å². The zero-order valence-corrected chi connectivity index (χ0v) is 30.8. The Balaban J connectivity index is 0.881. The summed E-state index contributed by atoms with van der Waals surface area (Å²) in [4.78, 5) is 37.8. The second-order valence-electron chi connectivity index (χ2n) is 12.9. The smallest absolute Gasteiger partial charge is 0.335 e. The number of ether oxygens (including phenoxy) is 2. The van der Waals surface area contributed by atoms with Crippen LogP contribution in [-0.4, -0.2) is 43.9 Å². The molecule has 0 aliphatic heterocycles. The number of nitrogens with zero attached hydrogens (tertiary/aromatic N) is 4. The molecule has 0 fully saturated rings. The number of halogens is 1. The van der Waals surface area contributed by atoms with E-state index in [1.54, 1.807) is 29.9 Å². The minimum absolute atomic E-state index is 0.123. The van der Waals surface area contributed by atoms with Gasteiger partial charge in [0.05, 0.1) is 18.6 Å². The topological polar surface area (TPSA) is 124 Å². The first-order valence-electron chi connectivity index (χ1n) is 18.0. The number of hydrogen-bond acceptors (Lipinski definition) is 8. The highest BCUT2D eigenvalue weighted by atomic mass is 32.1. The molecule has 0 saturated heterocycles. The average Bonchev–Trinajstić information content (AvgIpc) is 3.90. The van der Waals surface area contributed by atoms with E-state index in [9.17, 15) is 14.0 Å². The van der Waals surface area contributed by atoms with Gasteiger partial charge in [-0.15, -0.1) is 16.4 Å². The molecule has 0 radical (unpaired) electrons. The highest BCUT2D eigenvalue weighted by Gasteiger charge is 2.39. The van der Waals surface area contributed by atoms with Gasteiger partial charge in [0.15, 0.2) is 0 Å². The quantitative estimate of drug-likeness (QED) is 0.0850. The van der Waals surface area contributed by atoms with Crippen LogP contribution in [0, 0.1) is 5.82 Å². The largest absolute Gasteiger partial charge is 0.493 e. The molecular formula is C44H35FN6O4S. The van der Waals surface area contributed by atoms with E-state index in [4.69, 9.17) is 14.6 Å².